The maximum absolute atomic E-state index is 12.6. The third kappa shape index (κ3) is 3.85. The van der Waals surface area contributed by atoms with Crippen molar-refractivity contribution in [2.24, 2.45) is 0 Å². The van der Waals surface area contributed by atoms with Gasteiger partial charge in [0.05, 0.1) is 22.4 Å². The van der Waals surface area contributed by atoms with Crippen LogP contribution in [0.3, 0.4) is 0 Å². The lowest BCUT2D eigenvalue weighted by molar-refractivity contribution is -0.385. The molecule has 3 aromatic rings. The van der Waals surface area contributed by atoms with E-state index in [0.717, 1.165) is 18.7 Å². The third-order valence-corrected chi connectivity index (χ3v) is 4.89. The summed E-state index contributed by atoms with van der Waals surface area (Å²) in [6.07, 6.45) is 1.71. The molecule has 4 rings (SSSR count). The fourth-order valence-electron chi connectivity index (χ4n) is 3.52. The Kier molecular flexibility index (Phi) is 5.05. The number of hydrogen-bond acceptors (Lipinski definition) is 6. The molecule has 0 spiro atoms. The van der Waals surface area contributed by atoms with Crippen molar-refractivity contribution in [1.29, 1.82) is 0 Å². The van der Waals surface area contributed by atoms with Crippen LogP contribution in [-0.2, 0) is 24.3 Å². The van der Waals surface area contributed by atoms with Gasteiger partial charge < -0.3 is 10.6 Å². The number of aryl methyl sites for hydroxylation is 1. The number of nitro groups is 1. The predicted molar refractivity (Wildman–Crippen MR) is 108 cm³/mol. The summed E-state index contributed by atoms with van der Waals surface area (Å²) < 4.78 is 1.68. The van der Waals surface area contributed by atoms with Gasteiger partial charge in [-0.15, -0.1) is 0 Å². The van der Waals surface area contributed by atoms with Crippen molar-refractivity contribution >= 4 is 28.2 Å². The Balaban J connectivity index is 1.42. The molecule has 0 atom stereocenters. The molecular weight excluding hydrogens is 374 g/mol. The topological polar surface area (TPSA) is 119 Å². The number of anilines is 1. The van der Waals surface area contributed by atoms with Crippen molar-refractivity contribution in [3.05, 3.63) is 74.3 Å². The smallest absolute Gasteiger partial charge is 0.273 e. The van der Waals surface area contributed by atoms with E-state index in [1.807, 2.05) is 0 Å². The molecule has 1 aliphatic rings. The number of para-hydroxylation sites is 1. The van der Waals surface area contributed by atoms with Crippen LogP contribution in [0, 0.1) is 10.1 Å². The molecule has 148 valence electrons. The highest BCUT2D eigenvalue weighted by Gasteiger charge is 2.16. The van der Waals surface area contributed by atoms with Gasteiger partial charge >= 0.3 is 0 Å². The molecule has 0 unspecified atom stereocenters. The van der Waals surface area contributed by atoms with Crippen molar-refractivity contribution in [2.45, 2.75) is 25.9 Å². The molecule has 0 fully saturated rings. The molecule has 0 saturated carbocycles. The van der Waals surface area contributed by atoms with Crippen LogP contribution in [0.2, 0.25) is 0 Å². The molecule has 1 aromatic heterocycles. The number of rotatable bonds is 6. The molecule has 2 N–H and O–H groups in total. The molecule has 2 aromatic carbocycles. The number of benzene rings is 2. The van der Waals surface area contributed by atoms with Crippen LogP contribution in [0.1, 0.15) is 17.8 Å². The lowest BCUT2D eigenvalue weighted by Crippen LogP contribution is -2.28. The van der Waals surface area contributed by atoms with Gasteiger partial charge in [-0.2, -0.15) is 0 Å². The van der Waals surface area contributed by atoms with Crippen LogP contribution in [0.15, 0.2) is 47.3 Å². The van der Waals surface area contributed by atoms with Gasteiger partial charge in [0.25, 0.3) is 11.2 Å². The first-order chi connectivity index (χ1) is 14.0. The molecule has 29 heavy (non-hydrogen) atoms. The summed E-state index contributed by atoms with van der Waals surface area (Å²) in [6, 6.07) is 11.5. The molecular formula is C20H19N5O4. The number of hydrogen-bond donors (Lipinski definition) is 2. The molecule has 0 aliphatic carbocycles. The maximum atomic E-state index is 12.6. The van der Waals surface area contributed by atoms with E-state index in [0.29, 0.717) is 28.7 Å². The van der Waals surface area contributed by atoms with Crippen molar-refractivity contribution < 1.29 is 9.72 Å². The van der Waals surface area contributed by atoms with Crippen LogP contribution in [-0.4, -0.2) is 26.9 Å². The number of nitrogens with zero attached hydrogens (tertiary/aromatic N) is 3. The summed E-state index contributed by atoms with van der Waals surface area (Å²) >= 11 is 0. The van der Waals surface area contributed by atoms with E-state index in [4.69, 9.17) is 0 Å². The molecule has 9 nitrogen and oxygen atoms in total. The fraction of sp³-hybridized carbons (Fsp3) is 0.250. The maximum Gasteiger partial charge on any atom is 0.273 e. The van der Waals surface area contributed by atoms with Gasteiger partial charge in [-0.25, -0.2) is 4.98 Å². The number of fused-ring (bicyclic) bond motifs is 2. The second-order valence-electron chi connectivity index (χ2n) is 6.86. The minimum Gasteiger partial charge on any atom is -0.325 e. The number of nitro benzene ring substituents is 1. The normalized spacial score (nSPS) is 12.7. The lowest BCUT2D eigenvalue weighted by atomic mass is 10.2. The first-order valence-corrected chi connectivity index (χ1v) is 9.29. The van der Waals surface area contributed by atoms with Crippen LogP contribution in [0.25, 0.3) is 10.9 Å². The highest BCUT2D eigenvalue weighted by Crippen LogP contribution is 2.19. The van der Waals surface area contributed by atoms with E-state index in [-0.39, 0.29) is 30.2 Å². The van der Waals surface area contributed by atoms with Gasteiger partial charge in [0.15, 0.2) is 0 Å². The Morgan fingerprint density at radius 1 is 1.24 bits per heavy atom. The summed E-state index contributed by atoms with van der Waals surface area (Å²) in [5.74, 6) is 0.496. The monoisotopic (exact) mass is 393 g/mol. The summed E-state index contributed by atoms with van der Waals surface area (Å²) in [6.45, 7) is 0.842. The Morgan fingerprint density at radius 2 is 2.07 bits per heavy atom. The van der Waals surface area contributed by atoms with Gasteiger partial charge in [-0.05, 0) is 24.6 Å². The number of carbonyl (C=O) groups excluding carboxylic acids is 1. The predicted octanol–water partition coefficient (Wildman–Crippen LogP) is 1.98. The van der Waals surface area contributed by atoms with Crippen LogP contribution in [0.4, 0.5) is 11.4 Å². The molecule has 0 saturated heterocycles. The van der Waals surface area contributed by atoms with Crippen molar-refractivity contribution in [2.75, 3.05) is 11.9 Å². The molecule has 1 amide bonds. The zero-order chi connectivity index (χ0) is 20.4. The van der Waals surface area contributed by atoms with E-state index in [1.54, 1.807) is 41.0 Å². The van der Waals surface area contributed by atoms with Crippen molar-refractivity contribution in [1.82, 2.24) is 14.9 Å². The number of aromatic nitrogens is 2. The summed E-state index contributed by atoms with van der Waals surface area (Å²) in [5, 5.41) is 17.2. The average Bonchev–Trinajstić information content (AvgIpc) is 3.18. The molecule has 0 bridgehead atoms. The second-order valence-corrected chi connectivity index (χ2v) is 6.86. The minimum atomic E-state index is -0.449. The lowest BCUT2D eigenvalue weighted by Gasteiger charge is -2.09. The standard InChI is InChI=1S/C20H19N5O4/c26-19(12-21-11-13-4-1-2-5-17(13)25(28)29)22-14-7-8-16-15(10-14)20(27)24-9-3-6-18(24)23-16/h1-2,4-5,7-8,10,21H,3,6,9,11-12H2,(H,22,26). The summed E-state index contributed by atoms with van der Waals surface area (Å²) in [4.78, 5) is 39.9. The van der Waals surface area contributed by atoms with Crippen LogP contribution in [0.5, 0.6) is 0 Å². The van der Waals surface area contributed by atoms with Crippen molar-refractivity contribution in [3.8, 4) is 0 Å². The number of carbonyl (C=O) groups is 1. The number of nitrogens with one attached hydrogen (secondary N) is 2. The second kappa shape index (κ2) is 7.80. The van der Waals surface area contributed by atoms with E-state index in [2.05, 4.69) is 15.6 Å². The molecule has 2 heterocycles. The quantitative estimate of drug-likeness (QED) is 0.488. The van der Waals surface area contributed by atoms with E-state index in [9.17, 15) is 19.7 Å². The largest absolute Gasteiger partial charge is 0.325 e. The average molecular weight is 393 g/mol. The zero-order valence-corrected chi connectivity index (χ0v) is 15.6. The SMILES string of the molecule is O=C(CNCc1ccccc1[N+](=O)[O-])Nc1ccc2nc3n(c(=O)c2c1)CCC3. The Bertz CT molecular complexity index is 1170. The highest BCUT2D eigenvalue weighted by molar-refractivity contribution is 5.94. The van der Waals surface area contributed by atoms with Gasteiger partial charge in [0.2, 0.25) is 5.91 Å². The first-order valence-electron chi connectivity index (χ1n) is 9.29. The molecule has 0 radical (unpaired) electrons. The molecule has 1 aliphatic heterocycles. The fourth-order valence-corrected chi connectivity index (χ4v) is 3.52. The Morgan fingerprint density at radius 3 is 2.90 bits per heavy atom. The first kappa shape index (κ1) is 18.8. The summed E-state index contributed by atoms with van der Waals surface area (Å²) in [5.41, 5.74) is 1.55. The van der Waals surface area contributed by atoms with Crippen LogP contribution >= 0.6 is 0 Å². The zero-order valence-electron chi connectivity index (χ0n) is 15.6. The van der Waals surface area contributed by atoms with E-state index in [1.165, 1.54) is 6.07 Å². The minimum absolute atomic E-state index is 0.00967. The third-order valence-electron chi connectivity index (χ3n) is 4.89. The van der Waals surface area contributed by atoms with Gasteiger partial charge in [-0.1, -0.05) is 18.2 Å². The van der Waals surface area contributed by atoms with E-state index >= 15 is 0 Å². The van der Waals surface area contributed by atoms with Gasteiger partial charge in [0.1, 0.15) is 5.82 Å². The Hall–Kier alpha value is -3.59. The van der Waals surface area contributed by atoms with Crippen LogP contribution < -0.4 is 16.2 Å². The Labute approximate surface area is 165 Å². The van der Waals surface area contributed by atoms with Gasteiger partial charge in [0, 0.05) is 36.8 Å². The highest BCUT2D eigenvalue weighted by atomic mass is 16.6. The van der Waals surface area contributed by atoms with Crippen molar-refractivity contribution in [3.63, 3.8) is 0 Å². The number of amides is 1. The molecule has 9 heteroatoms. The van der Waals surface area contributed by atoms with Gasteiger partial charge in [-0.3, -0.25) is 24.3 Å². The van der Waals surface area contributed by atoms with E-state index < -0.39 is 4.92 Å². The summed E-state index contributed by atoms with van der Waals surface area (Å²) in [7, 11) is 0.